The van der Waals surface area contributed by atoms with Gasteiger partial charge in [0.05, 0.1) is 4.92 Å². The lowest BCUT2D eigenvalue weighted by Crippen LogP contribution is -2.09. The number of aryl methyl sites for hydroxylation is 2. The summed E-state index contributed by atoms with van der Waals surface area (Å²) >= 11 is 0. The standard InChI is InChI=1S/C13H15FN4O2/c1-3-17-13(12(18(19)20)9(2)16-17)15-8-10-6-4-5-7-11(10)14/h4-7,15H,3,8H2,1-2H3. The van der Waals surface area contributed by atoms with Crippen LogP contribution in [0.5, 0.6) is 0 Å². The second kappa shape index (κ2) is 5.68. The fourth-order valence-electron chi connectivity index (χ4n) is 2.02. The van der Waals surface area contributed by atoms with Crippen LogP contribution in [0.15, 0.2) is 24.3 Å². The van der Waals surface area contributed by atoms with Crippen LogP contribution in [0.2, 0.25) is 0 Å². The van der Waals surface area contributed by atoms with Gasteiger partial charge in [-0.25, -0.2) is 9.07 Å². The average Bonchev–Trinajstić information content (AvgIpc) is 2.74. The van der Waals surface area contributed by atoms with Crippen molar-refractivity contribution >= 4 is 11.5 Å². The van der Waals surface area contributed by atoms with Crippen molar-refractivity contribution in [3.05, 3.63) is 51.5 Å². The highest BCUT2D eigenvalue weighted by atomic mass is 19.1. The van der Waals surface area contributed by atoms with Crippen LogP contribution in [0.25, 0.3) is 0 Å². The SMILES string of the molecule is CCn1nc(C)c([N+](=O)[O-])c1NCc1ccccc1F. The first-order valence-electron chi connectivity index (χ1n) is 6.23. The number of rotatable bonds is 5. The summed E-state index contributed by atoms with van der Waals surface area (Å²) in [5.74, 6) is -0.0415. The molecule has 0 aliphatic rings. The van der Waals surface area contributed by atoms with Crippen LogP contribution in [0, 0.1) is 22.9 Å². The quantitative estimate of drug-likeness (QED) is 0.674. The van der Waals surface area contributed by atoms with Crippen molar-refractivity contribution in [1.29, 1.82) is 0 Å². The highest BCUT2D eigenvalue weighted by Crippen LogP contribution is 2.28. The Morgan fingerprint density at radius 1 is 1.45 bits per heavy atom. The maximum absolute atomic E-state index is 13.5. The largest absolute Gasteiger partial charge is 0.360 e. The first-order valence-corrected chi connectivity index (χ1v) is 6.23. The first kappa shape index (κ1) is 14.0. The minimum Gasteiger partial charge on any atom is -0.360 e. The number of hydrogen-bond donors (Lipinski definition) is 1. The van der Waals surface area contributed by atoms with E-state index in [1.54, 1.807) is 25.1 Å². The van der Waals surface area contributed by atoms with E-state index in [2.05, 4.69) is 10.4 Å². The van der Waals surface area contributed by atoms with Crippen molar-refractivity contribution in [3.63, 3.8) is 0 Å². The molecule has 0 amide bonds. The molecule has 0 fully saturated rings. The number of nitrogens with zero attached hydrogens (tertiary/aromatic N) is 3. The van der Waals surface area contributed by atoms with Gasteiger partial charge in [-0.3, -0.25) is 10.1 Å². The van der Waals surface area contributed by atoms with Crippen LogP contribution in [-0.2, 0) is 13.1 Å². The summed E-state index contributed by atoms with van der Waals surface area (Å²) in [6.45, 7) is 4.08. The normalized spacial score (nSPS) is 10.6. The lowest BCUT2D eigenvalue weighted by molar-refractivity contribution is -0.384. The van der Waals surface area contributed by atoms with E-state index in [4.69, 9.17) is 0 Å². The zero-order valence-electron chi connectivity index (χ0n) is 11.3. The second-order valence-electron chi connectivity index (χ2n) is 4.30. The lowest BCUT2D eigenvalue weighted by atomic mass is 10.2. The Balaban J connectivity index is 2.29. The molecule has 1 aromatic heterocycles. The van der Waals surface area contributed by atoms with Crippen LogP contribution in [0.3, 0.4) is 0 Å². The second-order valence-corrected chi connectivity index (χ2v) is 4.30. The van der Waals surface area contributed by atoms with E-state index in [-0.39, 0.29) is 18.0 Å². The lowest BCUT2D eigenvalue weighted by Gasteiger charge is -2.08. The third kappa shape index (κ3) is 2.61. The Morgan fingerprint density at radius 2 is 2.15 bits per heavy atom. The molecule has 2 rings (SSSR count). The third-order valence-corrected chi connectivity index (χ3v) is 2.98. The van der Waals surface area contributed by atoms with E-state index < -0.39 is 4.92 Å². The maximum atomic E-state index is 13.5. The molecule has 0 atom stereocenters. The number of benzene rings is 1. The Kier molecular flexibility index (Phi) is 3.97. The zero-order valence-corrected chi connectivity index (χ0v) is 11.3. The van der Waals surface area contributed by atoms with Gasteiger partial charge in [-0.2, -0.15) is 5.10 Å². The molecule has 1 N–H and O–H groups in total. The van der Waals surface area contributed by atoms with E-state index >= 15 is 0 Å². The molecule has 0 radical (unpaired) electrons. The molecule has 6 nitrogen and oxygen atoms in total. The predicted molar refractivity (Wildman–Crippen MR) is 73.0 cm³/mol. The minimum absolute atomic E-state index is 0.0665. The fraction of sp³-hybridized carbons (Fsp3) is 0.308. The summed E-state index contributed by atoms with van der Waals surface area (Å²) < 4.78 is 15.1. The molecule has 2 aromatic rings. The van der Waals surface area contributed by atoms with Gasteiger partial charge in [0.1, 0.15) is 11.5 Å². The van der Waals surface area contributed by atoms with Gasteiger partial charge in [0, 0.05) is 18.7 Å². The van der Waals surface area contributed by atoms with Gasteiger partial charge in [0.2, 0.25) is 5.82 Å². The van der Waals surface area contributed by atoms with Gasteiger partial charge in [-0.1, -0.05) is 18.2 Å². The molecule has 0 spiro atoms. The number of nitrogens with one attached hydrogen (secondary N) is 1. The Labute approximate surface area is 115 Å². The van der Waals surface area contributed by atoms with Crippen molar-refractivity contribution in [2.75, 3.05) is 5.32 Å². The van der Waals surface area contributed by atoms with Gasteiger partial charge in [0.25, 0.3) is 0 Å². The summed E-state index contributed by atoms with van der Waals surface area (Å²) in [5.41, 5.74) is 0.722. The van der Waals surface area contributed by atoms with Gasteiger partial charge in [-0.05, 0) is 19.9 Å². The van der Waals surface area contributed by atoms with Gasteiger partial charge < -0.3 is 5.32 Å². The van der Waals surface area contributed by atoms with Crippen LogP contribution < -0.4 is 5.32 Å². The van der Waals surface area contributed by atoms with Crippen molar-refractivity contribution in [1.82, 2.24) is 9.78 Å². The molecule has 0 bridgehead atoms. The highest BCUT2D eigenvalue weighted by molar-refractivity contribution is 5.59. The molecule has 0 saturated carbocycles. The summed E-state index contributed by atoms with van der Waals surface area (Å²) in [4.78, 5) is 10.6. The molecule has 1 heterocycles. The molecule has 20 heavy (non-hydrogen) atoms. The summed E-state index contributed by atoms with van der Waals surface area (Å²) in [6, 6.07) is 6.31. The highest BCUT2D eigenvalue weighted by Gasteiger charge is 2.24. The monoisotopic (exact) mass is 278 g/mol. The van der Waals surface area contributed by atoms with E-state index in [0.717, 1.165) is 0 Å². The van der Waals surface area contributed by atoms with Crippen LogP contribution >= 0.6 is 0 Å². The average molecular weight is 278 g/mol. The number of anilines is 1. The topological polar surface area (TPSA) is 73.0 Å². The Morgan fingerprint density at radius 3 is 2.75 bits per heavy atom. The molecule has 0 aliphatic heterocycles. The van der Waals surface area contributed by atoms with Gasteiger partial charge in [-0.15, -0.1) is 0 Å². The summed E-state index contributed by atoms with van der Waals surface area (Å²) in [5, 5.41) is 18.1. The van der Waals surface area contributed by atoms with Crippen LogP contribution in [0.1, 0.15) is 18.2 Å². The fourth-order valence-corrected chi connectivity index (χ4v) is 2.02. The Hall–Kier alpha value is -2.44. The minimum atomic E-state index is -0.474. The van der Waals surface area contributed by atoms with Crippen molar-refractivity contribution < 1.29 is 9.31 Å². The van der Waals surface area contributed by atoms with E-state index in [1.807, 2.05) is 6.92 Å². The smallest absolute Gasteiger partial charge is 0.333 e. The maximum Gasteiger partial charge on any atom is 0.333 e. The first-order chi connectivity index (χ1) is 9.54. The Bertz CT molecular complexity index is 639. The number of halogens is 1. The summed E-state index contributed by atoms with van der Waals surface area (Å²) in [7, 11) is 0. The molecule has 0 unspecified atom stereocenters. The number of aromatic nitrogens is 2. The molecule has 106 valence electrons. The van der Waals surface area contributed by atoms with E-state index in [1.165, 1.54) is 10.7 Å². The summed E-state index contributed by atoms with van der Waals surface area (Å²) in [6.07, 6.45) is 0. The van der Waals surface area contributed by atoms with E-state index in [0.29, 0.717) is 23.6 Å². The van der Waals surface area contributed by atoms with Crippen molar-refractivity contribution in [3.8, 4) is 0 Å². The molecule has 1 aromatic carbocycles. The molecule has 0 saturated heterocycles. The number of hydrogen-bond acceptors (Lipinski definition) is 4. The molecular weight excluding hydrogens is 263 g/mol. The zero-order chi connectivity index (χ0) is 14.7. The van der Waals surface area contributed by atoms with Crippen molar-refractivity contribution in [2.45, 2.75) is 26.9 Å². The van der Waals surface area contributed by atoms with Crippen LogP contribution in [0.4, 0.5) is 15.9 Å². The molecule has 7 heteroatoms. The van der Waals surface area contributed by atoms with Crippen LogP contribution in [-0.4, -0.2) is 14.7 Å². The van der Waals surface area contributed by atoms with Gasteiger partial charge in [0.15, 0.2) is 0 Å². The van der Waals surface area contributed by atoms with E-state index in [9.17, 15) is 14.5 Å². The third-order valence-electron chi connectivity index (χ3n) is 2.98. The van der Waals surface area contributed by atoms with Crippen molar-refractivity contribution in [2.24, 2.45) is 0 Å². The predicted octanol–water partition coefficient (Wildman–Crippen LogP) is 2.87. The molecule has 0 aliphatic carbocycles. The molecular formula is C13H15FN4O2. The number of nitro groups is 1. The van der Waals surface area contributed by atoms with Gasteiger partial charge >= 0.3 is 5.69 Å².